The standard InChI is InChI=1S/C18H20F3NO4/c1-9-7-13-14(22(15(9)23)16(24)26-17(2,3)4)11-6-5-10(18(19,20)21)8-12(11)25-13/h5-6,8-9,13-14H,7H2,1-4H3/t9-,13-,14-/m0/s1. The third-order valence-corrected chi connectivity index (χ3v) is 4.40. The molecule has 0 bridgehead atoms. The molecule has 0 radical (unpaired) electrons. The Kier molecular flexibility index (Phi) is 4.20. The van der Waals surface area contributed by atoms with E-state index in [0.29, 0.717) is 12.0 Å². The van der Waals surface area contributed by atoms with Gasteiger partial charge in [-0.2, -0.15) is 13.2 Å². The number of benzene rings is 1. The van der Waals surface area contributed by atoms with E-state index in [0.717, 1.165) is 17.0 Å². The van der Waals surface area contributed by atoms with E-state index in [1.54, 1.807) is 27.7 Å². The van der Waals surface area contributed by atoms with Gasteiger partial charge in [0.1, 0.15) is 23.5 Å². The van der Waals surface area contributed by atoms with Gasteiger partial charge in [0.05, 0.1) is 5.56 Å². The Balaban J connectivity index is 2.00. The number of piperidine rings is 1. The van der Waals surface area contributed by atoms with Crippen LogP contribution in [0.3, 0.4) is 0 Å². The van der Waals surface area contributed by atoms with Crippen LogP contribution < -0.4 is 4.74 Å². The van der Waals surface area contributed by atoms with Crippen LogP contribution in [0.1, 0.15) is 51.3 Å². The monoisotopic (exact) mass is 371 g/mol. The minimum absolute atomic E-state index is 0.0466. The maximum absolute atomic E-state index is 12.9. The molecule has 1 saturated heterocycles. The lowest BCUT2D eigenvalue weighted by Gasteiger charge is -2.38. The quantitative estimate of drug-likeness (QED) is 0.682. The first-order valence-electron chi connectivity index (χ1n) is 8.32. The Bertz CT molecular complexity index is 754. The fraction of sp³-hybridized carbons (Fsp3) is 0.556. The SMILES string of the molecule is C[C@H]1C[C@@H]2Oc3cc(C(F)(F)F)ccc3[C@@H]2N(C(=O)OC(C)(C)C)C1=O. The molecular formula is C18H20F3NO4. The number of hydrogen-bond acceptors (Lipinski definition) is 4. The summed E-state index contributed by atoms with van der Waals surface area (Å²) in [5, 5.41) is 0. The van der Waals surface area contributed by atoms with Crippen molar-refractivity contribution < 1.29 is 32.2 Å². The minimum atomic E-state index is -4.50. The molecule has 2 aliphatic heterocycles. The van der Waals surface area contributed by atoms with Crippen LogP contribution >= 0.6 is 0 Å². The van der Waals surface area contributed by atoms with Gasteiger partial charge in [-0.3, -0.25) is 4.79 Å². The fourth-order valence-corrected chi connectivity index (χ4v) is 3.31. The molecule has 2 heterocycles. The molecule has 3 rings (SSSR count). The first-order chi connectivity index (χ1) is 11.9. The topological polar surface area (TPSA) is 55.8 Å². The lowest BCUT2D eigenvalue weighted by Crippen LogP contribution is -2.52. The second kappa shape index (κ2) is 5.89. The van der Waals surface area contributed by atoms with Crippen LogP contribution in [-0.2, 0) is 15.7 Å². The van der Waals surface area contributed by atoms with Crippen LogP contribution in [0.5, 0.6) is 5.75 Å². The van der Waals surface area contributed by atoms with Gasteiger partial charge in [0.15, 0.2) is 0 Å². The predicted molar refractivity (Wildman–Crippen MR) is 85.5 cm³/mol. The summed E-state index contributed by atoms with van der Waals surface area (Å²) in [6, 6.07) is 2.32. The Morgan fingerprint density at radius 2 is 1.92 bits per heavy atom. The Morgan fingerprint density at radius 1 is 1.27 bits per heavy atom. The number of carbonyl (C=O) groups is 2. The molecule has 0 aromatic heterocycles. The largest absolute Gasteiger partial charge is 0.487 e. The molecular weight excluding hydrogens is 351 g/mol. The number of ether oxygens (including phenoxy) is 2. The third-order valence-electron chi connectivity index (χ3n) is 4.40. The van der Waals surface area contributed by atoms with Crippen molar-refractivity contribution in [3.8, 4) is 5.75 Å². The summed E-state index contributed by atoms with van der Waals surface area (Å²) < 4.78 is 49.8. The molecule has 2 amide bonds. The normalized spacial score (nSPS) is 25.4. The van der Waals surface area contributed by atoms with Gasteiger partial charge >= 0.3 is 12.3 Å². The lowest BCUT2D eigenvalue weighted by molar-refractivity contribution is -0.143. The summed E-state index contributed by atoms with van der Waals surface area (Å²) in [7, 11) is 0. The highest BCUT2D eigenvalue weighted by Gasteiger charge is 2.51. The fourth-order valence-electron chi connectivity index (χ4n) is 3.31. The summed E-state index contributed by atoms with van der Waals surface area (Å²) >= 11 is 0. The van der Waals surface area contributed by atoms with E-state index in [-0.39, 0.29) is 5.75 Å². The summed E-state index contributed by atoms with van der Waals surface area (Å²) in [5.74, 6) is -0.873. The second-order valence-corrected chi connectivity index (χ2v) is 7.68. The number of imide groups is 1. The summed E-state index contributed by atoms with van der Waals surface area (Å²) in [6.45, 7) is 6.68. The molecule has 26 heavy (non-hydrogen) atoms. The van der Waals surface area contributed by atoms with Crippen molar-refractivity contribution in [2.24, 2.45) is 5.92 Å². The van der Waals surface area contributed by atoms with E-state index in [9.17, 15) is 22.8 Å². The van der Waals surface area contributed by atoms with Crippen LogP contribution in [-0.4, -0.2) is 28.6 Å². The molecule has 1 aromatic rings. The number of carbonyl (C=O) groups excluding carboxylic acids is 2. The number of amides is 2. The maximum Gasteiger partial charge on any atom is 0.417 e. The number of likely N-dealkylation sites (tertiary alicyclic amines) is 1. The first kappa shape index (κ1) is 18.5. The number of hydrogen-bond donors (Lipinski definition) is 0. The number of alkyl halides is 3. The van der Waals surface area contributed by atoms with Gasteiger partial charge in [-0.05, 0) is 39.3 Å². The predicted octanol–water partition coefficient (Wildman–Crippen LogP) is 4.31. The third kappa shape index (κ3) is 3.24. The Morgan fingerprint density at radius 3 is 2.50 bits per heavy atom. The number of fused-ring (bicyclic) bond motifs is 3. The van der Waals surface area contributed by atoms with Gasteiger partial charge in [-0.15, -0.1) is 0 Å². The molecule has 1 aromatic carbocycles. The number of halogens is 3. The van der Waals surface area contributed by atoms with Crippen LogP contribution in [0.25, 0.3) is 0 Å². The minimum Gasteiger partial charge on any atom is -0.487 e. The van der Waals surface area contributed by atoms with Crippen molar-refractivity contribution >= 4 is 12.0 Å². The van der Waals surface area contributed by atoms with Crippen LogP contribution in [0.2, 0.25) is 0 Å². The lowest BCUT2D eigenvalue weighted by atomic mass is 9.88. The molecule has 5 nitrogen and oxygen atoms in total. The van der Waals surface area contributed by atoms with Crippen molar-refractivity contribution in [3.05, 3.63) is 29.3 Å². The molecule has 0 saturated carbocycles. The molecule has 1 fully saturated rings. The zero-order valence-electron chi connectivity index (χ0n) is 14.9. The van der Waals surface area contributed by atoms with Crippen molar-refractivity contribution in [2.75, 3.05) is 0 Å². The highest BCUT2D eigenvalue weighted by molar-refractivity contribution is 5.95. The molecule has 0 aliphatic carbocycles. The van der Waals surface area contributed by atoms with E-state index < -0.39 is 47.4 Å². The summed E-state index contributed by atoms with van der Waals surface area (Å²) in [5.41, 5.74) is -1.26. The van der Waals surface area contributed by atoms with Gasteiger partial charge in [0, 0.05) is 11.5 Å². The van der Waals surface area contributed by atoms with Crippen molar-refractivity contribution in [1.29, 1.82) is 0 Å². The molecule has 142 valence electrons. The van der Waals surface area contributed by atoms with Gasteiger partial charge in [0.2, 0.25) is 5.91 Å². The highest BCUT2D eigenvalue weighted by Crippen LogP contribution is 2.48. The average Bonchev–Trinajstić information content (AvgIpc) is 2.82. The number of nitrogens with zero attached hydrogens (tertiary/aromatic N) is 1. The molecule has 2 aliphatic rings. The van der Waals surface area contributed by atoms with E-state index in [1.165, 1.54) is 6.07 Å². The van der Waals surface area contributed by atoms with Gasteiger partial charge < -0.3 is 9.47 Å². The van der Waals surface area contributed by atoms with Crippen LogP contribution in [0.15, 0.2) is 18.2 Å². The second-order valence-electron chi connectivity index (χ2n) is 7.68. The maximum atomic E-state index is 12.9. The van der Waals surface area contributed by atoms with E-state index >= 15 is 0 Å². The molecule has 0 N–H and O–H groups in total. The molecule has 8 heteroatoms. The van der Waals surface area contributed by atoms with Crippen molar-refractivity contribution in [3.63, 3.8) is 0 Å². The van der Waals surface area contributed by atoms with Crippen molar-refractivity contribution in [1.82, 2.24) is 4.90 Å². The van der Waals surface area contributed by atoms with Gasteiger partial charge in [0.25, 0.3) is 0 Å². The zero-order chi connectivity index (χ0) is 19.4. The average molecular weight is 371 g/mol. The molecule has 0 spiro atoms. The van der Waals surface area contributed by atoms with Crippen molar-refractivity contribution in [2.45, 2.75) is 58.0 Å². The molecule has 0 unspecified atom stereocenters. The number of rotatable bonds is 0. The summed E-state index contributed by atoms with van der Waals surface area (Å²) in [4.78, 5) is 26.2. The van der Waals surface area contributed by atoms with Crippen LogP contribution in [0.4, 0.5) is 18.0 Å². The van der Waals surface area contributed by atoms with Crippen LogP contribution in [0, 0.1) is 5.92 Å². The van der Waals surface area contributed by atoms with Gasteiger partial charge in [-0.1, -0.05) is 13.0 Å². The van der Waals surface area contributed by atoms with E-state index in [1.807, 2.05) is 0 Å². The van der Waals surface area contributed by atoms with Gasteiger partial charge in [-0.25, -0.2) is 9.69 Å². The van der Waals surface area contributed by atoms with E-state index in [2.05, 4.69) is 0 Å². The Labute approximate surface area is 149 Å². The highest BCUT2D eigenvalue weighted by atomic mass is 19.4. The Hall–Kier alpha value is -2.25. The smallest absolute Gasteiger partial charge is 0.417 e. The molecule has 3 atom stereocenters. The van der Waals surface area contributed by atoms with E-state index in [4.69, 9.17) is 9.47 Å². The zero-order valence-corrected chi connectivity index (χ0v) is 14.9. The summed E-state index contributed by atoms with van der Waals surface area (Å²) in [6.07, 6.45) is -5.59. The first-order valence-corrected chi connectivity index (χ1v) is 8.32.